The van der Waals surface area contributed by atoms with Crippen molar-refractivity contribution < 1.29 is 17.9 Å². The van der Waals surface area contributed by atoms with Crippen molar-refractivity contribution in [3.05, 3.63) is 35.7 Å². The van der Waals surface area contributed by atoms with Gasteiger partial charge in [0.05, 0.1) is 5.69 Å². The second-order valence-corrected chi connectivity index (χ2v) is 7.93. The standard InChI is InChI=1S/C16H22N4O4S/c1-11-16(9-20(4)18-11)25(21,22)17-8-13(19(2)3)12-5-6-14-15(7-12)24-10-23-14/h5-7,9,13,17H,8,10H2,1-4H3/t13-/m1/s1. The normalized spacial score (nSPS) is 14.9. The Morgan fingerprint density at radius 2 is 2.04 bits per heavy atom. The number of fused-ring (bicyclic) bond motifs is 1. The van der Waals surface area contributed by atoms with Crippen LogP contribution in [0.25, 0.3) is 0 Å². The number of nitrogens with one attached hydrogen (secondary N) is 1. The number of likely N-dealkylation sites (N-methyl/N-ethyl adjacent to an activating group) is 1. The molecule has 136 valence electrons. The van der Waals surface area contributed by atoms with Crippen LogP contribution in [0.5, 0.6) is 11.5 Å². The van der Waals surface area contributed by atoms with Gasteiger partial charge in [-0.1, -0.05) is 6.07 Å². The van der Waals surface area contributed by atoms with Gasteiger partial charge in [-0.15, -0.1) is 0 Å². The predicted molar refractivity (Wildman–Crippen MR) is 92.1 cm³/mol. The van der Waals surface area contributed by atoms with E-state index in [1.54, 1.807) is 14.0 Å². The van der Waals surface area contributed by atoms with Crippen LogP contribution >= 0.6 is 0 Å². The van der Waals surface area contributed by atoms with Crippen LogP contribution in [0, 0.1) is 6.92 Å². The lowest BCUT2D eigenvalue weighted by atomic mass is 10.1. The molecule has 0 bridgehead atoms. The molecule has 0 radical (unpaired) electrons. The van der Waals surface area contributed by atoms with Gasteiger partial charge in [0.15, 0.2) is 11.5 Å². The Labute approximate surface area is 147 Å². The second-order valence-electron chi connectivity index (χ2n) is 6.20. The molecule has 8 nitrogen and oxygen atoms in total. The van der Waals surface area contributed by atoms with E-state index in [-0.39, 0.29) is 24.3 Å². The first-order chi connectivity index (χ1) is 11.8. The molecule has 25 heavy (non-hydrogen) atoms. The number of hydrogen-bond acceptors (Lipinski definition) is 6. The molecule has 0 saturated heterocycles. The molecule has 0 amide bonds. The summed E-state index contributed by atoms with van der Waals surface area (Å²) in [4.78, 5) is 2.15. The van der Waals surface area contributed by atoms with Crippen molar-refractivity contribution in [3.8, 4) is 11.5 Å². The summed E-state index contributed by atoms with van der Waals surface area (Å²) < 4.78 is 40.1. The average molecular weight is 366 g/mol. The van der Waals surface area contributed by atoms with Crippen molar-refractivity contribution in [2.45, 2.75) is 17.9 Å². The summed E-state index contributed by atoms with van der Waals surface area (Å²) in [7, 11) is 1.86. The van der Waals surface area contributed by atoms with E-state index in [4.69, 9.17) is 9.47 Å². The van der Waals surface area contributed by atoms with Crippen LogP contribution in [0.4, 0.5) is 0 Å². The van der Waals surface area contributed by atoms with E-state index in [2.05, 4.69) is 9.82 Å². The van der Waals surface area contributed by atoms with Gasteiger partial charge in [-0.3, -0.25) is 4.68 Å². The number of nitrogens with zero attached hydrogens (tertiary/aromatic N) is 3. The van der Waals surface area contributed by atoms with Crippen molar-refractivity contribution in [2.24, 2.45) is 7.05 Å². The smallest absolute Gasteiger partial charge is 0.244 e. The van der Waals surface area contributed by atoms with Crippen LogP contribution in [0.15, 0.2) is 29.3 Å². The minimum Gasteiger partial charge on any atom is -0.454 e. The molecule has 0 spiro atoms. The Bertz CT molecular complexity index is 876. The molecule has 0 unspecified atom stereocenters. The molecule has 0 aliphatic carbocycles. The number of aromatic nitrogens is 2. The fraction of sp³-hybridized carbons (Fsp3) is 0.438. The van der Waals surface area contributed by atoms with Gasteiger partial charge in [-0.2, -0.15) is 5.10 Å². The van der Waals surface area contributed by atoms with Gasteiger partial charge in [-0.05, 0) is 38.7 Å². The lowest BCUT2D eigenvalue weighted by Crippen LogP contribution is -2.34. The van der Waals surface area contributed by atoms with Crippen LogP contribution in [-0.4, -0.2) is 50.5 Å². The maximum Gasteiger partial charge on any atom is 0.244 e. The lowest BCUT2D eigenvalue weighted by Gasteiger charge is -2.25. The van der Waals surface area contributed by atoms with E-state index in [1.165, 1.54) is 10.9 Å². The van der Waals surface area contributed by atoms with E-state index in [1.807, 2.05) is 37.2 Å². The summed E-state index contributed by atoms with van der Waals surface area (Å²) in [5.74, 6) is 1.38. The van der Waals surface area contributed by atoms with Gasteiger partial charge in [0.1, 0.15) is 4.90 Å². The molecule has 2 heterocycles. The second kappa shape index (κ2) is 6.66. The van der Waals surface area contributed by atoms with Gasteiger partial charge >= 0.3 is 0 Å². The van der Waals surface area contributed by atoms with Gasteiger partial charge in [-0.25, -0.2) is 13.1 Å². The number of benzene rings is 1. The quantitative estimate of drug-likeness (QED) is 0.822. The predicted octanol–water partition coefficient (Wildman–Crippen LogP) is 1.04. The third-order valence-corrected chi connectivity index (χ3v) is 5.66. The van der Waals surface area contributed by atoms with Gasteiger partial charge in [0.25, 0.3) is 0 Å². The fourth-order valence-electron chi connectivity index (χ4n) is 2.83. The molecule has 0 fully saturated rings. The third kappa shape index (κ3) is 3.63. The van der Waals surface area contributed by atoms with Crippen molar-refractivity contribution >= 4 is 10.0 Å². The van der Waals surface area contributed by atoms with Crippen LogP contribution in [0.2, 0.25) is 0 Å². The maximum absolute atomic E-state index is 12.6. The monoisotopic (exact) mass is 366 g/mol. The Morgan fingerprint density at radius 3 is 2.68 bits per heavy atom. The van der Waals surface area contributed by atoms with E-state index in [9.17, 15) is 8.42 Å². The molecule has 1 atom stereocenters. The highest BCUT2D eigenvalue weighted by Gasteiger charge is 2.24. The molecule has 2 aromatic rings. The molecular formula is C16H22N4O4S. The number of ether oxygens (including phenoxy) is 2. The molecule has 1 N–H and O–H groups in total. The van der Waals surface area contributed by atoms with Gasteiger partial charge < -0.3 is 14.4 Å². The SMILES string of the molecule is Cc1nn(C)cc1S(=O)(=O)NC[C@H](c1ccc2c(c1)OCO2)N(C)C. The molecule has 3 rings (SSSR count). The highest BCUT2D eigenvalue weighted by molar-refractivity contribution is 7.89. The number of aryl methyl sites for hydroxylation is 2. The van der Waals surface area contributed by atoms with E-state index >= 15 is 0 Å². The minimum atomic E-state index is -3.63. The Kier molecular flexibility index (Phi) is 4.72. The summed E-state index contributed by atoms with van der Waals surface area (Å²) in [5, 5.41) is 4.09. The largest absolute Gasteiger partial charge is 0.454 e. The first kappa shape index (κ1) is 17.7. The van der Waals surface area contributed by atoms with Crippen molar-refractivity contribution in [1.29, 1.82) is 0 Å². The number of hydrogen-bond donors (Lipinski definition) is 1. The van der Waals surface area contributed by atoms with Gasteiger partial charge in [0.2, 0.25) is 16.8 Å². The zero-order chi connectivity index (χ0) is 18.2. The number of rotatable bonds is 6. The van der Waals surface area contributed by atoms with E-state index < -0.39 is 10.0 Å². The average Bonchev–Trinajstić information content (AvgIpc) is 3.12. The van der Waals surface area contributed by atoms with Crippen LogP contribution in [-0.2, 0) is 17.1 Å². The summed E-state index contributed by atoms with van der Waals surface area (Å²) >= 11 is 0. The Hall–Kier alpha value is -2.10. The number of sulfonamides is 1. The summed E-state index contributed by atoms with van der Waals surface area (Å²) in [5.41, 5.74) is 1.42. The fourth-order valence-corrected chi connectivity index (χ4v) is 4.08. The zero-order valence-electron chi connectivity index (χ0n) is 14.7. The first-order valence-corrected chi connectivity index (χ1v) is 9.32. The maximum atomic E-state index is 12.6. The Balaban J connectivity index is 1.80. The summed E-state index contributed by atoms with van der Waals surface area (Å²) in [6.45, 7) is 2.11. The summed E-state index contributed by atoms with van der Waals surface area (Å²) in [6, 6.07) is 5.49. The highest BCUT2D eigenvalue weighted by atomic mass is 32.2. The van der Waals surface area contributed by atoms with E-state index in [0.29, 0.717) is 17.2 Å². The molecule has 1 aliphatic heterocycles. The van der Waals surface area contributed by atoms with Crippen LogP contribution in [0.3, 0.4) is 0 Å². The first-order valence-electron chi connectivity index (χ1n) is 7.84. The van der Waals surface area contributed by atoms with Crippen LogP contribution in [0.1, 0.15) is 17.3 Å². The molecule has 1 aliphatic rings. The Morgan fingerprint density at radius 1 is 1.32 bits per heavy atom. The van der Waals surface area contributed by atoms with Crippen LogP contribution < -0.4 is 14.2 Å². The van der Waals surface area contributed by atoms with Gasteiger partial charge in [0, 0.05) is 25.8 Å². The zero-order valence-corrected chi connectivity index (χ0v) is 15.5. The molecule has 1 aromatic carbocycles. The topological polar surface area (TPSA) is 85.7 Å². The van der Waals surface area contributed by atoms with Crippen molar-refractivity contribution in [3.63, 3.8) is 0 Å². The van der Waals surface area contributed by atoms with Crippen molar-refractivity contribution in [2.75, 3.05) is 27.4 Å². The molecule has 9 heteroatoms. The molecule has 1 aromatic heterocycles. The molecule has 0 saturated carbocycles. The molecular weight excluding hydrogens is 344 g/mol. The summed E-state index contributed by atoms with van der Waals surface area (Å²) in [6.07, 6.45) is 1.50. The van der Waals surface area contributed by atoms with E-state index in [0.717, 1.165) is 5.56 Å². The highest BCUT2D eigenvalue weighted by Crippen LogP contribution is 2.35. The van der Waals surface area contributed by atoms with Crippen molar-refractivity contribution in [1.82, 2.24) is 19.4 Å². The minimum absolute atomic E-state index is 0.152. The third-order valence-electron chi connectivity index (χ3n) is 4.13. The lowest BCUT2D eigenvalue weighted by molar-refractivity contribution is 0.174.